The van der Waals surface area contributed by atoms with E-state index in [1.807, 2.05) is 17.0 Å². The monoisotopic (exact) mass is 433 g/mol. The fourth-order valence-electron chi connectivity index (χ4n) is 4.28. The third-order valence-corrected chi connectivity index (χ3v) is 6.24. The number of carbonyl (C=O) groups excluding carboxylic acids is 1. The van der Waals surface area contributed by atoms with Gasteiger partial charge in [-0.05, 0) is 62.1 Å². The van der Waals surface area contributed by atoms with E-state index in [1.54, 1.807) is 24.3 Å². The van der Waals surface area contributed by atoms with Crippen molar-refractivity contribution in [2.24, 2.45) is 0 Å². The van der Waals surface area contributed by atoms with Crippen molar-refractivity contribution in [2.45, 2.75) is 37.7 Å². The number of hydrogen-bond acceptors (Lipinski definition) is 5. The summed E-state index contributed by atoms with van der Waals surface area (Å²) in [5.41, 5.74) is 1.53. The third kappa shape index (κ3) is 5.09. The van der Waals surface area contributed by atoms with Crippen LogP contribution in [-0.2, 0) is 0 Å². The lowest BCUT2D eigenvalue weighted by Crippen LogP contribution is -2.48. The Morgan fingerprint density at radius 2 is 1.56 bits per heavy atom. The molecule has 2 aromatic rings. The van der Waals surface area contributed by atoms with Crippen molar-refractivity contribution in [3.05, 3.63) is 69.8 Å². The van der Waals surface area contributed by atoms with Crippen LogP contribution in [-0.4, -0.2) is 52.6 Å². The summed E-state index contributed by atoms with van der Waals surface area (Å²) in [6.45, 7) is 2.52. The van der Waals surface area contributed by atoms with Crippen LogP contribution in [0.2, 0.25) is 0 Å². The minimum Gasteiger partial charge on any atom is -0.378 e. The van der Waals surface area contributed by atoms with Gasteiger partial charge >= 0.3 is 0 Å². The van der Waals surface area contributed by atoms with Gasteiger partial charge in [0.05, 0.1) is 4.92 Å². The van der Waals surface area contributed by atoms with Gasteiger partial charge in [-0.2, -0.15) is 0 Å². The maximum absolute atomic E-state index is 12.9. The molecule has 0 atom stereocenters. The lowest BCUT2D eigenvalue weighted by atomic mass is 9.85. The maximum Gasteiger partial charge on any atom is 0.269 e. The number of nitrogens with zero attached hydrogens (tertiary/aromatic N) is 3. The quantitative estimate of drug-likeness (QED) is 0.454. The molecule has 0 bridgehead atoms. The molecule has 1 amide bonds. The van der Waals surface area contributed by atoms with Crippen molar-refractivity contribution in [1.82, 2.24) is 4.90 Å². The fourth-order valence-corrected chi connectivity index (χ4v) is 4.28. The predicted octanol–water partition coefficient (Wildman–Crippen LogP) is 3.60. The van der Waals surface area contributed by atoms with Gasteiger partial charge in [0, 0.05) is 55.1 Å². The summed E-state index contributed by atoms with van der Waals surface area (Å²) in [6, 6.07) is 13.8. The SMILES string of the molecule is O=C(c1ccc(C#CC2(O)CCCCC2)cc1)N1CCN(c2ccc([N+](=O)[O-])cc2)CC1. The minimum absolute atomic E-state index is 0.0150. The summed E-state index contributed by atoms with van der Waals surface area (Å²) in [5, 5.41) is 21.3. The molecule has 32 heavy (non-hydrogen) atoms. The molecule has 2 aliphatic rings. The van der Waals surface area contributed by atoms with E-state index < -0.39 is 10.5 Å². The Hall–Kier alpha value is -3.37. The minimum atomic E-state index is -0.879. The number of rotatable bonds is 3. The van der Waals surface area contributed by atoms with Gasteiger partial charge in [-0.1, -0.05) is 18.3 Å². The molecule has 0 unspecified atom stereocenters. The third-order valence-electron chi connectivity index (χ3n) is 6.24. The first kappa shape index (κ1) is 21.8. The highest BCUT2D eigenvalue weighted by Crippen LogP contribution is 2.27. The number of carbonyl (C=O) groups is 1. The van der Waals surface area contributed by atoms with Crippen molar-refractivity contribution in [3.8, 4) is 11.8 Å². The second-order valence-corrected chi connectivity index (χ2v) is 8.47. The summed E-state index contributed by atoms with van der Waals surface area (Å²) in [5.74, 6) is 6.07. The first-order valence-electron chi connectivity index (χ1n) is 11.1. The van der Waals surface area contributed by atoms with Crippen molar-refractivity contribution in [3.63, 3.8) is 0 Å². The number of piperazine rings is 1. The van der Waals surface area contributed by atoms with Crippen LogP contribution in [0.5, 0.6) is 0 Å². The Bertz CT molecular complexity index is 1020. The number of amides is 1. The van der Waals surface area contributed by atoms with E-state index in [1.165, 1.54) is 12.1 Å². The Balaban J connectivity index is 1.33. The van der Waals surface area contributed by atoms with Gasteiger partial charge in [0.25, 0.3) is 11.6 Å². The molecule has 7 heteroatoms. The second-order valence-electron chi connectivity index (χ2n) is 8.47. The van der Waals surface area contributed by atoms with Crippen LogP contribution in [0.4, 0.5) is 11.4 Å². The summed E-state index contributed by atoms with van der Waals surface area (Å²) in [7, 11) is 0. The van der Waals surface area contributed by atoms with Crippen molar-refractivity contribution in [2.75, 3.05) is 31.1 Å². The molecule has 1 aliphatic carbocycles. The summed E-state index contributed by atoms with van der Waals surface area (Å²) in [6.07, 6.45) is 4.62. The fraction of sp³-hybridized carbons (Fsp3) is 0.400. The van der Waals surface area contributed by atoms with Crippen molar-refractivity contribution >= 4 is 17.3 Å². The van der Waals surface area contributed by atoms with Gasteiger partial charge < -0.3 is 14.9 Å². The van der Waals surface area contributed by atoms with E-state index in [-0.39, 0.29) is 11.6 Å². The predicted molar refractivity (Wildman–Crippen MR) is 123 cm³/mol. The van der Waals surface area contributed by atoms with Gasteiger partial charge in [0.2, 0.25) is 0 Å². The largest absolute Gasteiger partial charge is 0.378 e. The highest BCUT2D eigenvalue weighted by Gasteiger charge is 2.26. The molecular formula is C25H27N3O4. The molecule has 1 saturated carbocycles. The molecule has 1 saturated heterocycles. The van der Waals surface area contributed by atoms with Crippen LogP contribution in [0.15, 0.2) is 48.5 Å². The summed E-state index contributed by atoms with van der Waals surface area (Å²) in [4.78, 5) is 27.2. The standard InChI is InChI=1S/C25H27N3O4/c29-24(21-6-4-20(5-7-21)12-15-25(30)13-2-1-3-14-25)27-18-16-26(17-19-27)22-8-10-23(11-9-22)28(31)32/h4-11,30H,1-3,13-14,16-19H2. The topological polar surface area (TPSA) is 86.9 Å². The van der Waals surface area contributed by atoms with Crippen LogP contribution >= 0.6 is 0 Å². The van der Waals surface area contributed by atoms with E-state index >= 15 is 0 Å². The number of nitro groups is 1. The normalized spacial score (nSPS) is 17.9. The summed E-state index contributed by atoms with van der Waals surface area (Å²) < 4.78 is 0. The summed E-state index contributed by atoms with van der Waals surface area (Å²) >= 11 is 0. The number of nitro benzene ring substituents is 1. The molecule has 2 fully saturated rings. The second kappa shape index (κ2) is 9.41. The van der Waals surface area contributed by atoms with Crippen molar-refractivity contribution in [1.29, 1.82) is 0 Å². The lowest BCUT2D eigenvalue weighted by molar-refractivity contribution is -0.384. The number of benzene rings is 2. The van der Waals surface area contributed by atoms with Gasteiger partial charge in [-0.3, -0.25) is 14.9 Å². The number of anilines is 1. The average molecular weight is 434 g/mol. The molecule has 0 spiro atoms. The zero-order chi connectivity index (χ0) is 22.6. The molecule has 166 valence electrons. The number of non-ortho nitro benzene ring substituents is 1. The Kier molecular flexibility index (Phi) is 6.42. The molecular weight excluding hydrogens is 406 g/mol. The Labute approximate surface area is 187 Å². The molecule has 0 aromatic heterocycles. The first-order valence-corrected chi connectivity index (χ1v) is 11.1. The van der Waals surface area contributed by atoms with E-state index in [2.05, 4.69) is 16.7 Å². The Morgan fingerprint density at radius 1 is 0.938 bits per heavy atom. The zero-order valence-corrected chi connectivity index (χ0v) is 18.0. The van der Waals surface area contributed by atoms with Crippen molar-refractivity contribution < 1.29 is 14.8 Å². The smallest absolute Gasteiger partial charge is 0.269 e. The van der Waals surface area contributed by atoms with Crippen LogP contribution < -0.4 is 4.90 Å². The van der Waals surface area contributed by atoms with E-state index in [9.17, 15) is 20.0 Å². The van der Waals surface area contributed by atoms with E-state index in [0.717, 1.165) is 43.4 Å². The average Bonchev–Trinajstić information content (AvgIpc) is 2.83. The molecule has 1 aliphatic heterocycles. The van der Waals surface area contributed by atoms with E-state index in [0.29, 0.717) is 31.7 Å². The molecule has 0 radical (unpaired) electrons. The van der Waals surface area contributed by atoms with Crippen LogP contribution in [0.25, 0.3) is 0 Å². The zero-order valence-electron chi connectivity index (χ0n) is 18.0. The van der Waals surface area contributed by atoms with E-state index in [4.69, 9.17) is 0 Å². The lowest BCUT2D eigenvalue weighted by Gasteiger charge is -2.36. The van der Waals surface area contributed by atoms with Crippen LogP contribution in [0, 0.1) is 22.0 Å². The van der Waals surface area contributed by atoms with Crippen LogP contribution in [0.3, 0.4) is 0 Å². The van der Waals surface area contributed by atoms with Gasteiger partial charge in [0.15, 0.2) is 0 Å². The molecule has 1 N–H and O–H groups in total. The van der Waals surface area contributed by atoms with Gasteiger partial charge in [-0.15, -0.1) is 0 Å². The highest BCUT2D eigenvalue weighted by atomic mass is 16.6. The van der Waals surface area contributed by atoms with Gasteiger partial charge in [0.1, 0.15) is 5.60 Å². The molecule has 7 nitrogen and oxygen atoms in total. The number of aliphatic hydroxyl groups is 1. The maximum atomic E-state index is 12.9. The Morgan fingerprint density at radius 3 is 2.16 bits per heavy atom. The first-order chi connectivity index (χ1) is 15.4. The molecule has 2 aromatic carbocycles. The van der Waals surface area contributed by atoms with Gasteiger partial charge in [-0.25, -0.2) is 0 Å². The van der Waals surface area contributed by atoms with Crippen LogP contribution in [0.1, 0.15) is 48.0 Å². The molecule has 4 rings (SSSR count). The highest BCUT2D eigenvalue weighted by molar-refractivity contribution is 5.94. The number of hydrogen-bond donors (Lipinski definition) is 1. The molecule has 1 heterocycles.